The van der Waals surface area contributed by atoms with Crippen LogP contribution < -0.4 is 5.32 Å². The van der Waals surface area contributed by atoms with E-state index in [9.17, 15) is 14.4 Å². The fraction of sp³-hybridized carbons (Fsp3) is 0.571. The number of amides is 1. The third-order valence-electron chi connectivity index (χ3n) is 3.28. The second-order valence-corrected chi connectivity index (χ2v) is 4.76. The van der Waals surface area contributed by atoms with Gasteiger partial charge in [-0.05, 0) is 19.8 Å². The van der Waals surface area contributed by atoms with Crippen LogP contribution in [-0.2, 0) is 19.1 Å². The van der Waals surface area contributed by atoms with Crippen molar-refractivity contribution in [3.8, 4) is 6.07 Å². The Bertz CT molecular complexity index is 501. The zero-order chi connectivity index (χ0) is 16.5. The highest BCUT2D eigenvalue weighted by atomic mass is 16.5. The van der Waals surface area contributed by atoms with E-state index in [-0.39, 0.29) is 18.7 Å². The number of ether oxygens (including phenoxy) is 1. The van der Waals surface area contributed by atoms with E-state index in [2.05, 4.69) is 5.32 Å². The molecule has 1 amide bonds. The number of aliphatic carboxylic acids is 1. The van der Waals surface area contributed by atoms with Crippen LogP contribution in [0.1, 0.15) is 19.8 Å². The van der Waals surface area contributed by atoms with Gasteiger partial charge in [0, 0.05) is 19.3 Å². The molecule has 0 spiro atoms. The number of piperidine rings is 1. The third kappa shape index (κ3) is 5.09. The number of rotatable bonds is 6. The second kappa shape index (κ2) is 8.67. The van der Waals surface area contributed by atoms with Gasteiger partial charge in [-0.25, -0.2) is 0 Å². The van der Waals surface area contributed by atoms with Gasteiger partial charge in [0.1, 0.15) is 18.2 Å². The van der Waals surface area contributed by atoms with E-state index in [0.29, 0.717) is 25.9 Å². The second-order valence-electron chi connectivity index (χ2n) is 4.76. The van der Waals surface area contributed by atoms with E-state index >= 15 is 0 Å². The maximum absolute atomic E-state index is 12.1. The molecule has 0 aromatic rings. The molecule has 1 rings (SSSR count). The van der Waals surface area contributed by atoms with E-state index in [1.165, 1.54) is 11.1 Å². The smallest absolute Gasteiger partial charge is 0.325 e. The van der Waals surface area contributed by atoms with Gasteiger partial charge in [-0.15, -0.1) is 0 Å². The Kier molecular flexibility index (Phi) is 6.89. The Morgan fingerprint density at radius 3 is 2.55 bits per heavy atom. The van der Waals surface area contributed by atoms with Crippen LogP contribution in [0.15, 0.2) is 11.8 Å². The summed E-state index contributed by atoms with van der Waals surface area (Å²) in [6, 6.07) is 1.78. The molecule has 8 heteroatoms. The SMILES string of the molecule is CCOC(=O)CN/C=C(/C#N)C(=O)N1CCC(C(=O)O)CC1. The summed E-state index contributed by atoms with van der Waals surface area (Å²) < 4.78 is 4.70. The van der Waals surface area contributed by atoms with E-state index in [1.807, 2.05) is 0 Å². The van der Waals surface area contributed by atoms with Crippen LogP contribution in [0.3, 0.4) is 0 Å². The van der Waals surface area contributed by atoms with E-state index in [4.69, 9.17) is 15.1 Å². The summed E-state index contributed by atoms with van der Waals surface area (Å²) in [6.07, 6.45) is 1.93. The van der Waals surface area contributed by atoms with E-state index in [0.717, 1.165) is 0 Å². The lowest BCUT2D eigenvalue weighted by molar-refractivity contribution is -0.145. The molecule has 120 valence electrons. The first-order valence-corrected chi connectivity index (χ1v) is 7.01. The normalized spacial score (nSPS) is 15.8. The number of hydrogen-bond acceptors (Lipinski definition) is 6. The predicted molar refractivity (Wildman–Crippen MR) is 75.3 cm³/mol. The lowest BCUT2D eigenvalue weighted by Crippen LogP contribution is -2.41. The lowest BCUT2D eigenvalue weighted by atomic mass is 9.97. The van der Waals surface area contributed by atoms with Gasteiger partial charge in [-0.1, -0.05) is 0 Å². The molecule has 1 aliphatic heterocycles. The van der Waals surface area contributed by atoms with Gasteiger partial charge < -0.3 is 20.1 Å². The molecule has 0 aromatic heterocycles. The molecule has 1 saturated heterocycles. The number of hydrogen-bond donors (Lipinski definition) is 2. The number of nitrogens with zero attached hydrogens (tertiary/aromatic N) is 2. The number of carbonyl (C=O) groups excluding carboxylic acids is 2. The minimum absolute atomic E-state index is 0.127. The first-order valence-electron chi connectivity index (χ1n) is 7.01. The number of esters is 1. The molecule has 1 fully saturated rings. The van der Waals surface area contributed by atoms with Gasteiger partial charge in [-0.2, -0.15) is 5.26 Å². The van der Waals surface area contributed by atoms with Crippen LogP contribution in [0, 0.1) is 17.2 Å². The molecule has 0 bridgehead atoms. The van der Waals surface area contributed by atoms with Gasteiger partial charge in [0.25, 0.3) is 5.91 Å². The molecule has 8 nitrogen and oxygen atoms in total. The first kappa shape index (κ1) is 17.5. The zero-order valence-electron chi connectivity index (χ0n) is 12.4. The Hall–Kier alpha value is -2.56. The number of nitrogens with one attached hydrogen (secondary N) is 1. The van der Waals surface area contributed by atoms with Crippen molar-refractivity contribution in [3.63, 3.8) is 0 Å². The van der Waals surface area contributed by atoms with Crippen LogP contribution >= 0.6 is 0 Å². The number of carboxylic acid groups (broad SMARTS) is 1. The molecule has 0 aliphatic carbocycles. The van der Waals surface area contributed by atoms with Gasteiger partial charge in [-0.3, -0.25) is 14.4 Å². The van der Waals surface area contributed by atoms with Crippen molar-refractivity contribution < 1.29 is 24.2 Å². The van der Waals surface area contributed by atoms with Crippen LogP contribution in [0.2, 0.25) is 0 Å². The highest BCUT2D eigenvalue weighted by Crippen LogP contribution is 2.18. The summed E-state index contributed by atoms with van der Waals surface area (Å²) in [5.74, 6) is -2.26. The Morgan fingerprint density at radius 2 is 2.05 bits per heavy atom. The number of carboxylic acids is 1. The summed E-state index contributed by atoms with van der Waals surface area (Å²) >= 11 is 0. The Morgan fingerprint density at radius 1 is 1.41 bits per heavy atom. The van der Waals surface area contributed by atoms with Crippen LogP contribution in [-0.4, -0.2) is 54.1 Å². The Balaban J connectivity index is 2.53. The maximum Gasteiger partial charge on any atom is 0.325 e. The van der Waals surface area contributed by atoms with Gasteiger partial charge in [0.15, 0.2) is 0 Å². The number of nitriles is 1. The fourth-order valence-corrected chi connectivity index (χ4v) is 2.09. The minimum atomic E-state index is -0.862. The Labute approximate surface area is 128 Å². The van der Waals surface area contributed by atoms with Crippen molar-refractivity contribution in [3.05, 3.63) is 11.8 Å². The van der Waals surface area contributed by atoms with Crippen LogP contribution in [0.5, 0.6) is 0 Å². The van der Waals surface area contributed by atoms with Gasteiger partial charge in [0.2, 0.25) is 0 Å². The molecule has 2 N–H and O–H groups in total. The summed E-state index contributed by atoms with van der Waals surface area (Å²) in [6.45, 7) is 2.40. The molecule has 0 saturated carbocycles. The molecule has 0 unspecified atom stereocenters. The average molecular weight is 309 g/mol. The standard InChI is InChI=1S/C14H19N3O5/c1-2-22-12(18)9-16-8-11(7-15)13(19)17-5-3-10(4-6-17)14(20)21/h8,10,16H,2-6,9H2,1H3,(H,20,21)/b11-8-. The molecular weight excluding hydrogens is 290 g/mol. The molecule has 0 atom stereocenters. The summed E-state index contributed by atoms with van der Waals surface area (Å²) in [4.78, 5) is 35.6. The fourth-order valence-electron chi connectivity index (χ4n) is 2.09. The average Bonchev–Trinajstić information content (AvgIpc) is 2.51. The monoisotopic (exact) mass is 309 g/mol. The van der Waals surface area contributed by atoms with Crippen LogP contribution in [0.25, 0.3) is 0 Å². The third-order valence-corrected chi connectivity index (χ3v) is 3.28. The quantitative estimate of drug-likeness (QED) is 0.398. The van der Waals surface area contributed by atoms with Crippen LogP contribution in [0.4, 0.5) is 0 Å². The minimum Gasteiger partial charge on any atom is -0.481 e. The van der Waals surface area contributed by atoms with E-state index < -0.39 is 23.8 Å². The number of carbonyl (C=O) groups is 3. The predicted octanol–water partition coefficient (Wildman–Crippen LogP) is -0.130. The maximum atomic E-state index is 12.1. The highest BCUT2D eigenvalue weighted by molar-refractivity contribution is 5.97. The molecule has 1 aliphatic rings. The van der Waals surface area contributed by atoms with Gasteiger partial charge >= 0.3 is 11.9 Å². The van der Waals surface area contributed by atoms with Crippen molar-refractivity contribution in [2.45, 2.75) is 19.8 Å². The highest BCUT2D eigenvalue weighted by Gasteiger charge is 2.28. The van der Waals surface area contributed by atoms with E-state index in [1.54, 1.807) is 13.0 Å². The summed E-state index contributed by atoms with van der Waals surface area (Å²) in [7, 11) is 0. The zero-order valence-corrected chi connectivity index (χ0v) is 12.4. The lowest BCUT2D eigenvalue weighted by Gasteiger charge is -2.29. The van der Waals surface area contributed by atoms with Crippen molar-refractivity contribution in [2.24, 2.45) is 5.92 Å². The molecule has 0 aromatic carbocycles. The summed E-state index contributed by atoms with van der Waals surface area (Å²) in [5, 5.41) is 20.5. The van der Waals surface area contributed by atoms with Crippen molar-refractivity contribution in [1.29, 1.82) is 5.26 Å². The molecule has 0 radical (unpaired) electrons. The number of likely N-dealkylation sites (tertiary alicyclic amines) is 1. The van der Waals surface area contributed by atoms with Crippen molar-refractivity contribution >= 4 is 17.8 Å². The largest absolute Gasteiger partial charge is 0.481 e. The topological polar surface area (TPSA) is 120 Å². The van der Waals surface area contributed by atoms with Gasteiger partial charge in [0.05, 0.1) is 12.5 Å². The summed E-state index contributed by atoms with van der Waals surface area (Å²) in [5.41, 5.74) is -0.127. The van der Waals surface area contributed by atoms with Crippen molar-refractivity contribution in [2.75, 3.05) is 26.2 Å². The van der Waals surface area contributed by atoms with Crippen molar-refractivity contribution in [1.82, 2.24) is 10.2 Å². The molecule has 22 heavy (non-hydrogen) atoms. The molecule has 1 heterocycles. The first-order chi connectivity index (χ1) is 10.5. The molecular formula is C14H19N3O5.